The average Bonchev–Trinajstić information content (AvgIpc) is 4.35. The lowest BCUT2D eigenvalue weighted by atomic mass is 9.93. The summed E-state index contributed by atoms with van der Waals surface area (Å²) >= 11 is 0. The summed E-state index contributed by atoms with van der Waals surface area (Å²) in [6, 6.07) is 79.5. The Morgan fingerprint density at radius 3 is 1.25 bits per heavy atom. The minimum absolute atomic E-state index is 0.0996. The summed E-state index contributed by atoms with van der Waals surface area (Å²) in [5.74, 6) is 0. The van der Waals surface area contributed by atoms with Crippen LogP contribution in [0, 0.1) is 0 Å². The highest BCUT2D eigenvalue weighted by atomic mass is 15.2. The second kappa shape index (κ2) is 18.9. The van der Waals surface area contributed by atoms with Gasteiger partial charge in [0.25, 0.3) is 0 Å². The third-order valence-electron chi connectivity index (χ3n) is 16.1. The molecule has 2 unspecified atom stereocenters. The standard InChI is InChI=1S/C72H47N9/c1-4-19-55(61-22-7-10-34-73-61)52(16-1)46-28-31-64-58(40-46)70-67(25-13-37-76-70)79(64)49-43-50(80-65-32-29-47(41-59(65)71-68(80)26-14-38-77-71)53-17-2-5-20-56(53)62-23-8-11-35-74-62)45-51(44-49)81-66-33-30-48(42-60(66)72-69(81)27-15-39-78-72)54-18-3-6-21-57(54)63-24-9-12-36-75-63/h1-45,67,70H. The van der Waals surface area contributed by atoms with Gasteiger partial charge in [-0.3, -0.25) is 29.9 Å². The van der Waals surface area contributed by atoms with Gasteiger partial charge in [0, 0.05) is 81.6 Å². The molecule has 0 saturated heterocycles. The SMILES string of the molecule is C1=CC2C(N=C1)c1cc(-c3ccccc3-c3ccccn3)ccc1N2c1cc(-n2c3ccc(-c4ccccc4-c4ccccn4)cc3c3ncccc32)cc(-n2c3ccc(-c4ccccc4-c4ccccn4)cc3c3ncccc32)c1. The van der Waals surface area contributed by atoms with Crippen LogP contribution < -0.4 is 4.90 Å². The van der Waals surface area contributed by atoms with Crippen LogP contribution in [0.5, 0.6) is 0 Å². The van der Waals surface area contributed by atoms with Gasteiger partial charge in [0.2, 0.25) is 0 Å². The third kappa shape index (κ3) is 7.62. The number of aliphatic imine (C=N–C) groups is 1. The van der Waals surface area contributed by atoms with Crippen molar-refractivity contribution in [3.05, 3.63) is 273 Å². The van der Waals surface area contributed by atoms with E-state index >= 15 is 0 Å². The summed E-state index contributed by atoms with van der Waals surface area (Å²) < 4.78 is 4.78. The molecule has 0 saturated carbocycles. The zero-order chi connectivity index (χ0) is 53.4. The van der Waals surface area contributed by atoms with Crippen LogP contribution in [-0.4, -0.2) is 46.3 Å². The van der Waals surface area contributed by atoms with Crippen molar-refractivity contribution in [2.24, 2.45) is 4.99 Å². The van der Waals surface area contributed by atoms with E-state index in [0.29, 0.717) is 0 Å². The van der Waals surface area contributed by atoms with Gasteiger partial charge in [-0.2, -0.15) is 0 Å². The zero-order valence-electron chi connectivity index (χ0n) is 43.7. The molecule has 16 rings (SSSR count). The number of benzene rings is 7. The number of aromatic nitrogens is 7. The van der Waals surface area contributed by atoms with E-state index in [-0.39, 0.29) is 12.1 Å². The van der Waals surface area contributed by atoms with Crippen molar-refractivity contribution < 1.29 is 0 Å². The molecule has 2 atom stereocenters. The lowest BCUT2D eigenvalue weighted by Crippen LogP contribution is -2.29. The van der Waals surface area contributed by atoms with Crippen LogP contribution >= 0.6 is 0 Å². The summed E-state index contributed by atoms with van der Waals surface area (Å²) in [4.78, 5) is 32.3. The van der Waals surface area contributed by atoms with Gasteiger partial charge in [-0.05, 0) is 155 Å². The van der Waals surface area contributed by atoms with Gasteiger partial charge < -0.3 is 14.0 Å². The highest BCUT2D eigenvalue weighted by molar-refractivity contribution is 6.11. The Hall–Kier alpha value is -10.9. The topological polar surface area (TPSA) is 89.9 Å². The molecule has 0 radical (unpaired) electrons. The molecule has 0 spiro atoms. The molecular formula is C72H47N9. The fourth-order valence-electron chi connectivity index (χ4n) is 12.6. The van der Waals surface area contributed by atoms with Crippen molar-refractivity contribution in [1.82, 2.24) is 34.1 Å². The van der Waals surface area contributed by atoms with Gasteiger partial charge in [-0.1, -0.05) is 115 Å². The van der Waals surface area contributed by atoms with E-state index in [1.54, 1.807) is 0 Å². The zero-order valence-corrected chi connectivity index (χ0v) is 43.7. The van der Waals surface area contributed by atoms with Gasteiger partial charge in [0.15, 0.2) is 0 Å². The van der Waals surface area contributed by atoms with E-state index in [1.807, 2.05) is 85.7 Å². The number of nitrogens with zero attached hydrogens (tertiary/aromatic N) is 9. The van der Waals surface area contributed by atoms with Crippen molar-refractivity contribution >= 4 is 61.5 Å². The normalized spacial score (nSPS) is 14.5. The summed E-state index contributed by atoms with van der Waals surface area (Å²) in [7, 11) is 0. The first-order chi connectivity index (χ1) is 40.2. The fourth-order valence-corrected chi connectivity index (χ4v) is 12.6. The molecule has 0 amide bonds. The summed E-state index contributed by atoms with van der Waals surface area (Å²) in [6.45, 7) is 0. The average molecular weight is 1040 g/mol. The quantitative estimate of drug-likeness (QED) is 0.143. The minimum atomic E-state index is -0.145. The highest BCUT2D eigenvalue weighted by Gasteiger charge is 2.39. The van der Waals surface area contributed by atoms with Crippen LogP contribution in [0.4, 0.5) is 11.4 Å². The van der Waals surface area contributed by atoms with Crippen molar-refractivity contribution in [2.45, 2.75) is 12.1 Å². The molecule has 7 aromatic carbocycles. The number of rotatable bonds is 9. The van der Waals surface area contributed by atoms with Crippen LogP contribution in [0.25, 0.3) is 122 Å². The molecule has 81 heavy (non-hydrogen) atoms. The third-order valence-corrected chi connectivity index (χ3v) is 16.1. The van der Waals surface area contributed by atoms with Crippen molar-refractivity contribution in [3.63, 3.8) is 0 Å². The van der Waals surface area contributed by atoms with Gasteiger partial charge in [-0.15, -0.1) is 0 Å². The van der Waals surface area contributed by atoms with Crippen LogP contribution in [0.15, 0.2) is 273 Å². The molecule has 9 heterocycles. The van der Waals surface area contributed by atoms with Crippen LogP contribution in [0.1, 0.15) is 11.6 Å². The number of anilines is 2. The maximum absolute atomic E-state index is 5.25. The second-order valence-corrected chi connectivity index (χ2v) is 20.6. The molecule has 9 heteroatoms. The van der Waals surface area contributed by atoms with E-state index < -0.39 is 0 Å². The van der Waals surface area contributed by atoms with Gasteiger partial charge >= 0.3 is 0 Å². The number of hydrogen-bond acceptors (Lipinski definition) is 7. The summed E-state index contributed by atoms with van der Waals surface area (Å²) in [5, 5.41) is 2.11. The first-order valence-electron chi connectivity index (χ1n) is 27.3. The van der Waals surface area contributed by atoms with E-state index in [1.165, 1.54) is 5.56 Å². The molecule has 9 nitrogen and oxygen atoms in total. The Morgan fingerprint density at radius 1 is 0.333 bits per heavy atom. The number of hydrogen-bond donors (Lipinski definition) is 0. The smallest absolute Gasteiger partial charge is 0.101 e. The van der Waals surface area contributed by atoms with Gasteiger partial charge in [0.05, 0.1) is 67.6 Å². The van der Waals surface area contributed by atoms with Crippen LogP contribution in [0.2, 0.25) is 0 Å². The first-order valence-corrected chi connectivity index (χ1v) is 27.3. The monoisotopic (exact) mass is 1040 g/mol. The molecule has 14 aromatic rings. The summed E-state index contributed by atoms with van der Waals surface area (Å²) in [6.07, 6.45) is 15.7. The molecule has 2 aliphatic rings. The van der Waals surface area contributed by atoms with Crippen molar-refractivity contribution in [1.29, 1.82) is 0 Å². The molecule has 0 bridgehead atoms. The number of dihydropyridines is 1. The molecule has 0 aliphatic carbocycles. The predicted molar refractivity (Wildman–Crippen MR) is 329 cm³/mol. The van der Waals surface area contributed by atoms with Gasteiger partial charge in [0.1, 0.15) is 6.04 Å². The van der Waals surface area contributed by atoms with E-state index in [2.05, 4.69) is 202 Å². The second-order valence-electron chi connectivity index (χ2n) is 20.6. The Bertz CT molecular complexity index is 4630. The van der Waals surface area contributed by atoms with Crippen LogP contribution in [-0.2, 0) is 0 Å². The van der Waals surface area contributed by atoms with E-state index in [9.17, 15) is 0 Å². The maximum Gasteiger partial charge on any atom is 0.101 e. The van der Waals surface area contributed by atoms with Crippen molar-refractivity contribution in [3.8, 4) is 78.5 Å². The molecule has 380 valence electrons. The molecule has 0 N–H and O–H groups in total. The van der Waals surface area contributed by atoms with E-state index in [0.717, 1.165) is 134 Å². The lowest BCUT2D eigenvalue weighted by Gasteiger charge is -2.29. The Balaban J connectivity index is 0.923. The van der Waals surface area contributed by atoms with Crippen LogP contribution in [0.3, 0.4) is 0 Å². The minimum Gasteiger partial charge on any atom is -0.332 e. The molecular weight excluding hydrogens is 991 g/mol. The lowest BCUT2D eigenvalue weighted by molar-refractivity contribution is 0.667. The molecule has 2 aliphatic heterocycles. The van der Waals surface area contributed by atoms with Gasteiger partial charge in [-0.25, -0.2) is 0 Å². The Kier molecular flexibility index (Phi) is 10.8. The number of pyridine rings is 5. The number of allylic oxidation sites excluding steroid dienone is 1. The largest absolute Gasteiger partial charge is 0.332 e. The highest BCUT2D eigenvalue weighted by Crippen LogP contribution is 2.51. The van der Waals surface area contributed by atoms with Crippen molar-refractivity contribution in [2.75, 3.05) is 4.90 Å². The Labute approximate surface area is 466 Å². The first kappa shape index (κ1) is 46.2. The predicted octanol–water partition coefficient (Wildman–Crippen LogP) is 17.1. The summed E-state index contributed by atoms with van der Waals surface area (Å²) in [5.41, 5.74) is 23.9. The molecule has 7 aromatic heterocycles. The maximum atomic E-state index is 5.25. The fraction of sp³-hybridized carbons (Fsp3) is 0.0278. The number of fused-ring (bicyclic) bond motifs is 9. The Morgan fingerprint density at radius 2 is 0.765 bits per heavy atom. The van der Waals surface area contributed by atoms with E-state index in [4.69, 9.17) is 29.9 Å². The molecule has 0 fully saturated rings.